The molecule has 1 N–H and O–H groups in total. The van der Waals surface area contributed by atoms with Crippen LogP contribution in [0.25, 0.3) is 0 Å². The summed E-state index contributed by atoms with van der Waals surface area (Å²) in [7, 11) is 0. The Bertz CT molecular complexity index is 236. The van der Waals surface area contributed by atoms with Gasteiger partial charge in [-0.15, -0.1) is 0 Å². The maximum atomic E-state index is 10.2. The second kappa shape index (κ2) is 3.54. The lowest BCUT2D eigenvalue weighted by Crippen LogP contribution is -2.27. The second-order valence-electron chi connectivity index (χ2n) is 3.12. The summed E-state index contributed by atoms with van der Waals surface area (Å²) in [4.78, 5) is 10.2. The molecule has 0 aliphatic rings. The van der Waals surface area contributed by atoms with Gasteiger partial charge in [0.2, 0.25) is 0 Å². The van der Waals surface area contributed by atoms with Gasteiger partial charge in [0, 0.05) is 12.8 Å². The van der Waals surface area contributed by atoms with E-state index in [9.17, 15) is 9.90 Å². The monoisotopic (exact) mass is 168 g/mol. The summed E-state index contributed by atoms with van der Waals surface area (Å²) in [6.07, 6.45) is 2.77. The van der Waals surface area contributed by atoms with Crippen LogP contribution in [-0.4, -0.2) is 17.0 Å². The van der Waals surface area contributed by atoms with E-state index in [-0.39, 0.29) is 6.42 Å². The number of furan rings is 1. The quantitative estimate of drug-likeness (QED) is 0.686. The van der Waals surface area contributed by atoms with Gasteiger partial charge in [-0.2, -0.15) is 0 Å². The van der Waals surface area contributed by atoms with Crippen LogP contribution < -0.4 is 0 Å². The normalized spacial score (nSPS) is 15.5. The average Bonchev–Trinajstić information content (AvgIpc) is 2.38. The van der Waals surface area contributed by atoms with Gasteiger partial charge < -0.3 is 14.3 Å². The van der Waals surface area contributed by atoms with Crippen molar-refractivity contribution < 1.29 is 14.3 Å². The van der Waals surface area contributed by atoms with Crippen molar-refractivity contribution in [1.29, 1.82) is 0 Å². The Balaban J connectivity index is 2.55. The Hall–Kier alpha value is -1.09. The molecule has 1 atom stereocenters. The minimum absolute atomic E-state index is 0.133. The lowest BCUT2D eigenvalue weighted by atomic mass is 9.98. The van der Waals surface area contributed by atoms with Crippen LogP contribution in [0.5, 0.6) is 0 Å². The third-order valence-electron chi connectivity index (χ3n) is 1.66. The molecule has 3 heteroatoms. The molecule has 0 aromatic carbocycles. The van der Waals surface area contributed by atoms with Crippen molar-refractivity contribution in [3.63, 3.8) is 0 Å². The maximum Gasteiger partial charge on any atom is 0.122 e. The standard InChI is InChI=1S/C9H12O3/c1-9(11,4-5-10)7-8-3-2-6-12-8/h2-3,5-6,11H,4,7H2,1H3. The Labute approximate surface area is 71.0 Å². The highest BCUT2D eigenvalue weighted by atomic mass is 16.3. The van der Waals surface area contributed by atoms with E-state index in [2.05, 4.69) is 0 Å². The highest BCUT2D eigenvalue weighted by Crippen LogP contribution is 2.15. The molecule has 1 unspecified atom stereocenters. The van der Waals surface area contributed by atoms with Crippen molar-refractivity contribution in [1.82, 2.24) is 0 Å². The molecule has 0 saturated heterocycles. The summed E-state index contributed by atoms with van der Waals surface area (Å²) < 4.78 is 5.04. The highest BCUT2D eigenvalue weighted by molar-refractivity contribution is 5.51. The summed E-state index contributed by atoms with van der Waals surface area (Å²) in [6, 6.07) is 3.53. The maximum absolute atomic E-state index is 10.2. The van der Waals surface area contributed by atoms with Crippen LogP contribution >= 0.6 is 0 Å². The first-order valence-corrected chi connectivity index (χ1v) is 3.82. The molecule has 0 amide bonds. The first kappa shape index (κ1) is 9.00. The molecule has 3 nitrogen and oxygen atoms in total. The van der Waals surface area contributed by atoms with Crippen LogP contribution in [0.15, 0.2) is 22.8 Å². The predicted molar refractivity (Wildman–Crippen MR) is 43.7 cm³/mol. The van der Waals surface area contributed by atoms with Gasteiger partial charge in [0.1, 0.15) is 12.0 Å². The summed E-state index contributed by atoms with van der Waals surface area (Å²) in [5.74, 6) is 0.696. The van der Waals surface area contributed by atoms with Gasteiger partial charge in [-0.25, -0.2) is 0 Å². The van der Waals surface area contributed by atoms with E-state index in [0.717, 1.165) is 0 Å². The Morgan fingerprint density at radius 1 is 1.75 bits per heavy atom. The molecule has 0 fully saturated rings. The van der Waals surface area contributed by atoms with Crippen molar-refractivity contribution in [2.45, 2.75) is 25.4 Å². The fourth-order valence-electron chi connectivity index (χ4n) is 1.04. The molecule has 66 valence electrons. The molecule has 1 heterocycles. The van der Waals surface area contributed by atoms with Gasteiger partial charge in [-0.3, -0.25) is 0 Å². The number of carbonyl (C=O) groups is 1. The molecule has 1 aromatic rings. The molecular weight excluding hydrogens is 156 g/mol. The van der Waals surface area contributed by atoms with Crippen LogP contribution in [0.1, 0.15) is 19.1 Å². The average molecular weight is 168 g/mol. The molecule has 1 rings (SSSR count). The molecule has 0 spiro atoms. The van der Waals surface area contributed by atoms with Crippen molar-refractivity contribution in [2.75, 3.05) is 0 Å². The number of carbonyl (C=O) groups excluding carboxylic acids is 1. The molecule has 1 aromatic heterocycles. The van der Waals surface area contributed by atoms with Crippen LogP contribution in [0.2, 0.25) is 0 Å². The third kappa shape index (κ3) is 2.51. The molecule has 0 aliphatic carbocycles. The smallest absolute Gasteiger partial charge is 0.122 e. The predicted octanol–water partition coefficient (Wildman–Crippen LogP) is 1.16. The van der Waals surface area contributed by atoms with Crippen molar-refractivity contribution >= 4 is 6.29 Å². The van der Waals surface area contributed by atoms with Gasteiger partial charge in [0.25, 0.3) is 0 Å². The van der Waals surface area contributed by atoms with E-state index in [1.807, 2.05) is 0 Å². The molecular formula is C9H12O3. The zero-order valence-electron chi connectivity index (χ0n) is 6.99. The third-order valence-corrected chi connectivity index (χ3v) is 1.66. The van der Waals surface area contributed by atoms with Crippen LogP contribution in [0, 0.1) is 0 Å². The van der Waals surface area contributed by atoms with E-state index >= 15 is 0 Å². The topological polar surface area (TPSA) is 50.4 Å². The minimum Gasteiger partial charge on any atom is -0.469 e. The van der Waals surface area contributed by atoms with Gasteiger partial charge in [0.05, 0.1) is 11.9 Å². The van der Waals surface area contributed by atoms with Gasteiger partial charge in [-0.05, 0) is 19.1 Å². The SMILES string of the molecule is CC(O)(CC=O)Cc1ccco1. The van der Waals surface area contributed by atoms with E-state index < -0.39 is 5.60 Å². The van der Waals surface area contributed by atoms with Gasteiger partial charge in [-0.1, -0.05) is 0 Å². The number of hydrogen-bond donors (Lipinski definition) is 1. The fraction of sp³-hybridized carbons (Fsp3) is 0.444. The summed E-state index contributed by atoms with van der Waals surface area (Å²) in [6.45, 7) is 1.62. The van der Waals surface area contributed by atoms with Gasteiger partial charge in [0.15, 0.2) is 0 Å². The first-order chi connectivity index (χ1) is 5.64. The highest BCUT2D eigenvalue weighted by Gasteiger charge is 2.21. The van der Waals surface area contributed by atoms with Crippen LogP contribution in [0.4, 0.5) is 0 Å². The first-order valence-electron chi connectivity index (χ1n) is 3.82. The number of rotatable bonds is 4. The largest absolute Gasteiger partial charge is 0.469 e. The summed E-state index contributed by atoms with van der Waals surface area (Å²) >= 11 is 0. The lowest BCUT2D eigenvalue weighted by molar-refractivity contribution is -0.111. The zero-order chi connectivity index (χ0) is 9.03. The zero-order valence-corrected chi connectivity index (χ0v) is 6.99. The van der Waals surface area contributed by atoms with Gasteiger partial charge >= 0.3 is 0 Å². The molecule has 12 heavy (non-hydrogen) atoms. The van der Waals surface area contributed by atoms with E-state index in [1.54, 1.807) is 25.3 Å². The van der Waals surface area contributed by atoms with Crippen molar-refractivity contribution in [3.05, 3.63) is 24.2 Å². The van der Waals surface area contributed by atoms with E-state index in [4.69, 9.17) is 4.42 Å². The van der Waals surface area contributed by atoms with Crippen molar-refractivity contribution in [2.24, 2.45) is 0 Å². The molecule has 0 bridgehead atoms. The van der Waals surface area contributed by atoms with E-state index in [0.29, 0.717) is 18.5 Å². The Morgan fingerprint density at radius 2 is 2.50 bits per heavy atom. The molecule has 0 radical (unpaired) electrons. The minimum atomic E-state index is -0.987. The van der Waals surface area contributed by atoms with Crippen LogP contribution in [-0.2, 0) is 11.2 Å². The molecule has 0 saturated carbocycles. The summed E-state index contributed by atoms with van der Waals surface area (Å²) in [5, 5.41) is 9.60. The number of aliphatic hydroxyl groups is 1. The summed E-state index contributed by atoms with van der Waals surface area (Å²) in [5.41, 5.74) is -0.987. The fourth-order valence-corrected chi connectivity index (χ4v) is 1.04. The van der Waals surface area contributed by atoms with Crippen LogP contribution in [0.3, 0.4) is 0 Å². The second-order valence-corrected chi connectivity index (χ2v) is 3.12. The number of aldehydes is 1. The van der Waals surface area contributed by atoms with E-state index in [1.165, 1.54) is 0 Å². The Kier molecular flexibility index (Phi) is 2.65. The lowest BCUT2D eigenvalue weighted by Gasteiger charge is -2.18. The molecule has 0 aliphatic heterocycles. The number of hydrogen-bond acceptors (Lipinski definition) is 3. The van der Waals surface area contributed by atoms with Crippen molar-refractivity contribution in [3.8, 4) is 0 Å². The Morgan fingerprint density at radius 3 is 3.00 bits per heavy atom.